The summed E-state index contributed by atoms with van der Waals surface area (Å²) in [5.74, 6) is 0. The van der Waals surface area contributed by atoms with Crippen LogP contribution in [0.1, 0.15) is 47.1 Å². The van der Waals surface area contributed by atoms with Gasteiger partial charge in [-0.3, -0.25) is 4.90 Å². The van der Waals surface area contributed by atoms with Gasteiger partial charge in [-0.15, -0.1) is 0 Å². The minimum atomic E-state index is 0.200. The van der Waals surface area contributed by atoms with E-state index in [4.69, 9.17) is 0 Å². The minimum Gasteiger partial charge on any atom is -0.357 e. The summed E-state index contributed by atoms with van der Waals surface area (Å²) < 4.78 is 0. The molecule has 1 aliphatic heterocycles. The van der Waals surface area contributed by atoms with Gasteiger partial charge in [-0.25, -0.2) is 0 Å². The maximum Gasteiger partial charge on any atom is 0.0712 e. The third-order valence-corrected chi connectivity index (χ3v) is 3.98. The molecule has 0 atom stereocenters. The standard InChI is InChI=1S/C17H28N2/c1-16(2,3)14-9-7-8-10-15(14)18-11-12-19(13-18)17(4,5)6/h7-10H,11-13H2,1-6H3. The number of para-hydroxylation sites is 1. The maximum atomic E-state index is 2.55. The van der Waals surface area contributed by atoms with Crippen LogP contribution >= 0.6 is 0 Å². The first-order valence-electron chi connectivity index (χ1n) is 7.29. The number of anilines is 1. The Balaban J connectivity index is 2.25. The van der Waals surface area contributed by atoms with Gasteiger partial charge in [0.2, 0.25) is 0 Å². The lowest BCUT2D eigenvalue weighted by atomic mass is 9.85. The largest absolute Gasteiger partial charge is 0.357 e. The SMILES string of the molecule is CC(C)(C)c1ccccc1N1CCN(C(C)(C)C)C1. The van der Waals surface area contributed by atoms with Crippen molar-refractivity contribution in [3.63, 3.8) is 0 Å². The van der Waals surface area contributed by atoms with Crippen molar-refractivity contribution in [3.8, 4) is 0 Å². The number of benzene rings is 1. The predicted octanol–water partition coefficient (Wildman–Crippen LogP) is 3.86. The fourth-order valence-corrected chi connectivity index (χ4v) is 2.72. The van der Waals surface area contributed by atoms with Crippen LogP contribution in [0.3, 0.4) is 0 Å². The summed E-state index contributed by atoms with van der Waals surface area (Å²) in [6.07, 6.45) is 0. The molecule has 2 rings (SSSR count). The topological polar surface area (TPSA) is 6.48 Å². The highest BCUT2D eigenvalue weighted by molar-refractivity contribution is 5.56. The van der Waals surface area contributed by atoms with E-state index in [0.717, 1.165) is 19.8 Å². The Labute approximate surface area is 118 Å². The quantitative estimate of drug-likeness (QED) is 0.756. The van der Waals surface area contributed by atoms with E-state index in [0.29, 0.717) is 0 Å². The second-order valence-corrected chi connectivity index (χ2v) is 7.61. The third kappa shape index (κ3) is 3.11. The van der Waals surface area contributed by atoms with Gasteiger partial charge < -0.3 is 4.90 Å². The van der Waals surface area contributed by atoms with Gasteiger partial charge in [0.1, 0.15) is 0 Å². The average molecular weight is 260 g/mol. The van der Waals surface area contributed by atoms with Gasteiger partial charge in [0, 0.05) is 24.3 Å². The molecule has 19 heavy (non-hydrogen) atoms. The molecule has 0 aliphatic carbocycles. The van der Waals surface area contributed by atoms with Gasteiger partial charge in [0.15, 0.2) is 0 Å². The first-order valence-corrected chi connectivity index (χ1v) is 7.29. The average Bonchev–Trinajstić information content (AvgIpc) is 2.76. The molecule has 1 heterocycles. The van der Waals surface area contributed by atoms with Crippen LogP contribution in [0.25, 0.3) is 0 Å². The van der Waals surface area contributed by atoms with Crippen LogP contribution in [0.5, 0.6) is 0 Å². The maximum absolute atomic E-state index is 2.55. The van der Waals surface area contributed by atoms with Crippen LogP contribution < -0.4 is 4.90 Å². The van der Waals surface area contributed by atoms with Gasteiger partial charge in [-0.2, -0.15) is 0 Å². The molecule has 0 bridgehead atoms. The highest BCUT2D eigenvalue weighted by Gasteiger charge is 2.30. The molecular weight excluding hydrogens is 232 g/mol. The van der Waals surface area contributed by atoms with Gasteiger partial charge in [0.05, 0.1) is 6.67 Å². The fraction of sp³-hybridized carbons (Fsp3) is 0.647. The smallest absolute Gasteiger partial charge is 0.0712 e. The van der Waals surface area contributed by atoms with Crippen LogP contribution in [0.2, 0.25) is 0 Å². The molecule has 0 amide bonds. The molecule has 0 N–H and O–H groups in total. The Kier molecular flexibility index (Phi) is 3.65. The summed E-state index contributed by atoms with van der Waals surface area (Å²) in [5, 5.41) is 0. The van der Waals surface area contributed by atoms with Gasteiger partial charge in [0.25, 0.3) is 0 Å². The molecule has 0 saturated carbocycles. The monoisotopic (exact) mass is 260 g/mol. The molecule has 0 radical (unpaired) electrons. The molecule has 0 spiro atoms. The van der Waals surface area contributed by atoms with E-state index in [1.807, 2.05) is 0 Å². The molecule has 2 heteroatoms. The highest BCUT2D eigenvalue weighted by atomic mass is 15.4. The van der Waals surface area contributed by atoms with E-state index in [2.05, 4.69) is 75.6 Å². The highest BCUT2D eigenvalue weighted by Crippen LogP contribution is 2.33. The molecular formula is C17H28N2. The lowest BCUT2D eigenvalue weighted by Crippen LogP contribution is -2.40. The summed E-state index contributed by atoms with van der Waals surface area (Å²) in [7, 11) is 0. The Bertz CT molecular complexity index is 437. The van der Waals surface area contributed by atoms with Crippen molar-refractivity contribution in [3.05, 3.63) is 29.8 Å². The molecule has 1 saturated heterocycles. The summed E-state index contributed by atoms with van der Waals surface area (Å²) in [6.45, 7) is 17.1. The molecule has 1 aromatic carbocycles. The van der Waals surface area contributed by atoms with Gasteiger partial charge in [-0.1, -0.05) is 39.0 Å². The van der Waals surface area contributed by atoms with Gasteiger partial charge >= 0.3 is 0 Å². The normalized spacial score (nSPS) is 18.1. The van der Waals surface area contributed by atoms with E-state index in [9.17, 15) is 0 Å². The summed E-state index contributed by atoms with van der Waals surface area (Å²) in [4.78, 5) is 5.07. The molecule has 0 unspecified atom stereocenters. The Morgan fingerprint density at radius 1 is 0.895 bits per heavy atom. The van der Waals surface area contributed by atoms with E-state index in [1.54, 1.807) is 0 Å². The first kappa shape index (κ1) is 14.4. The van der Waals surface area contributed by atoms with Crippen molar-refractivity contribution in [2.45, 2.75) is 52.5 Å². The van der Waals surface area contributed by atoms with Crippen LogP contribution in [0.4, 0.5) is 5.69 Å². The molecule has 1 aromatic rings. The van der Waals surface area contributed by atoms with Crippen LogP contribution in [0, 0.1) is 0 Å². The summed E-state index contributed by atoms with van der Waals surface area (Å²) in [5.41, 5.74) is 3.31. The van der Waals surface area contributed by atoms with Crippen molar-refractivity contribution in [1.29, 1.82) is 0 Å². The van der Waals surface area contributed by atoms with Crippen molar-refractivity contribution in [2.75, 3.05) is 24.7 Å². The van der Waals surface area contributed by atoms with E-state index in [-0.39, 0.29) is 11.0 Å². The third-order valence-electron chi connectivity index (χ3n) is 3.98. The van der Waals surface area contributed by atoms with Crippen molar-refractivity contribution < 1.29 is 0 Å². The second-order valence-electron chi connectivity index (χ2n) is 7.61. The lowest BCUT2D eigenvalue weighted by molar-refractivity contribution is 0.177. The number of rotatable bonds is 1. The predicted molar refractivity (Wildman–Crippen MR) is 83.8 cm³/mol. The van der Waals surface area contributed by atoms with Crippen LogP contribution in [0.15, 0.2) is 24.3 Å². The zero-order valence-electron chi connectivity index (χ0n) is 13.3. The molecule has 2 nitrogen and oxygen atoms in total. The van der Waals surface area contributed by atoms with Crippen LogP contribution in [-0.2, 0) is 5.41 Å². The Morgan fingerprint density at radius 3 is 2.05 bits per heavy atom. The zero-order chi connectivity index (χ0) is 14.3. The van der Waals surface area contributed by atoms with Crippen molar-refractivity contribution >= 4 is 5.69 Å². The Hall–Kier alpha value is -1.02. The van der Waals surface area contributed by atoms with Crippen molar-refractivity contribution in [2.24, 2.45) is 0 Å². The number of hydrogen-bond donors (Lipinski definition) is 0. The van der Waals surface area contributed by atoms with Gasteiger partial charge in [-0.05, 0) is 37.8 Å². The minimum absolute atomic E-state index is 0.200. The molecule has 1 aliphatic rings. The van der Waals surface area contributed by atoms with Crippen molar-refractivity contribution in [1.82, 2.24) is 4.90 Å². The fourth-order valence-electron chi connectivity index (χ4n) is 2.72. The number of nitrogens with zero attached hydrogens (tertiary/aromatic N) is 2. The summed E-state index contributed by atoms with van der Waals surface area (Å²) in [6, 6.07) is 8.85. The van der Waals surface area contributed by atoms with E-state index < -0.39 is 0 Å². The van der Waals surface area contributed by atoms with Crippen LogP contribution in [-0.4, -0.2) is 30.2 Å². The molecule has 106 valence electrons. The zero-order valence-corrected chi connectivity index (χ0v) is 13.3. The summed E-state index contributed by atoms with van der Waals surface area (Å²) >= 11 is 0. The molecule has 1 fully saturated rings. The Morgan fingerprint density at radius 2 is 1.53 bits per heavy atom. The lowest BCUT2D eigenvalue weighted by Gasteiger charge is -2.33. The first-order chi connectivity index (χ1) is 8.69. The molecule has 0 aromatic heterocycles. The number of hydrogen-bond acceptors (Lipinski definition) is 2. The van der Waals surface area contributed by atoms with E-state index >= 15 is 0 Å². The second kappa shape index (κ2) is 4.82. The van der Waals surface area contributed by atoms with E-state index in [1.165, 1.54) is 11.3 Å².